The lowest BCUT2D eigenvalue weighted by Crippen LogP contribution is -2.38. The van der Waals surface area contributed by atoms with E-state index in [4.69, 9.17) is 5.14 Å². The van der Waals surface area contributed by atoms with E-state index in [1.165, 1.54) is 16.6 Å². The minimum absolute atomic E-state index is 0.197. The number of nitrogens with two attached hydrogens (primary N) is 1. The Labute approximate surface area is 190 Å². The van der Waals surface area contributed by atoms with Crippen LogP contribution < -0.4 is 10.5 Å². The highest BCUT2D eigenvalue weighted by atomic mass is 32.2. The molecule has 1 saturated heterocycles. The second kappa shape index (κ2) is 10.6. The maximum Gasteiger partial charge on any atom is 0.273 e. The van der Waals surface area contributed by atoms with Gasteiger partial charge in [-0.3, -0.25) is 9.69 Å². The van der Waals surface area contributed by atoms with Crippen LogP contribution in [0.5, 0.6) is 0 Å². The Bertz CT molecular complexity index is 1050. The Morgan fingerprint density at radius 1 is 1.03 bits per heavy atom. The van der Waals surface area contributed by atoms with Gasteiger partial charge in [-0.25, -0.2) is 9.35 Å². The van der Waals surface area contributed by atoms with Crippen LogP contribution in [0.15, 0.2) is 65.7 Å². The average Bonchev–Trinajstić information content (AvgIpc) is 3.28. The number of rotatable bonds is 8. The summed E-state index contributed by atoms with van der Waals surface area (Å²) >= 11 is 0. The van der Waals surface area contributed by atoms with Crippen molar-refractivity contribution in [2.75, 3.05) is 19.6 Å². The molecule has 3 N–H and O–H groups in total. The first-order valence-corrected chi connectivity index (χ1v) is 12.0. The van der Waals surface area contributed by atoms with Crippen molar-refractivity contribution in [1.29, 1.82) is 0 Å². The van der Waals surface area contributed by atoms with Crippen molar-refractivity contribution in [2.45, 2.75) is 30.8 Å². The fraction of sp³-hybridized carbons (Fsp3) is 0.348. The third kappa shape index (κ3) is 6.09. The minimum atomic E-state index is -1.50. The Hall–Kier alpha value is -2.88. The van der Waals surface area contributed by atoms with Gasteiger partial charge in [-0.2, -0.15) is 9.90 Å². The lowest BCUT2D eigenvalue weighted by molar-refractivity contribution is 0.0929. The van der Waals surface area contributed by atoms with E-state index in [1.807, 2.05) is 18.2 Å². The van der Waals surface area contributed by atoms with Gasteiger partial charge in [0.25, 0.3) is 5.91 Å². The molecular weight excluding hydrogens is 424 g/mol. The van der Waals surface area contributed by atoms with Crippen LogP contribution in [0, 0.1) is 5.92 Å². The van der Waals surface area contributed by atoms with Crippen molar-refractivity contribution in [1.82, 2.24) is 25.2 Å². The van der Waals surface area contributed by atoms with E-state index < -0.39 is 11.0 Å². The first kappa shape index (κ1) is 22.3. The molecule has 1 unspecified atom stereocenters. The lowest BCUT2D eigenvalue weighted by Gasteiger charge is -2.32. The number of nitrogens with one attached hydrogen (secondary N) is 1. The van der Waals surface area contributed by atoms with Crippen molar-refractivity contribution in [3.63, 3.8) is 0 Å². The Morgan fingerprint density at radius 3 is 2.41 bits per heavy atom. The fourth-order valence-electron chi connectivity index (χ4n) is 3.89. The van der Waals surface area contributed by atoms with Gasteiger partial charge in [-0.15, -0.1) is 5.10 Å². The van der Waals surface area contributed by atoms with E-state index in [2.05, 4.69) is 44.7 Å². The molecule has 1 aromatic heterocycles. The largest absolute Gasteiger partial charge is 0.350 e. The third-order valence-electron chi connectivity index (χ3n) is 5.76. The van der Waals surface area contributed by atoms with E-state index in [9.17, 15) is 9.00 Å². The van der Waals surface area contributed by atoms with Gasteiger partial charge in [0, 0.05) is 13.1 Å². The van der Waals surface area contributed by atoms with Crippen LogP contribution in [-0.2, 0) is 24.1 Å². The van der Waals surface area contributed by atoms with Crippen LogP contribution in [0.4, 0.5) is 0 Å². The van der Waals surface area contributed by atoms with Crippen LogP contribution in [0.3, 0.4) is 0 Å². The number of likely N-dealkylation sites (tertiary alicyclic amines) is 1. The van der Waals surface area contributed by atoms with Crippen LogP contribution >= 0.6 is 0 Å². The second-order valence-corrected chi connectivity index (χ2v) is 9.18. The van der Waals surface area contributed by atoms with Gasteiger partial charge < -0.3 is 5.32 Å². The van der Waals surface area contributed by atoms with E-state index >= 15 is 0 Å². The highest BCUT2D eigenvalue weighted by Crippen LogP contribution is 2.18. The summed E-state index contributed by atoms with van der Waals surface area (Å²) in [6, 6.07) is 17.6. The molecule has 1 fully saturated rings. The SMILES string of the molecule is NS(=O)c1ccc(Cn2ncc(C(=O)NCC3CCN(Cc4ccccc4)CC3)n2)cc1. The normalized spacial score (nSPS) is 16.0. The summed E-state index contributed by atoms with van der Waals surface area (Å²) < 4.78 is 11.3. The summed E-state index contributed by atoms with van der Waals surface area (Å²) in [5, 5.41) is 16.9. The van der Waals surface area contributed by atoms with Crippen LogP contribution in [0.2, 0.25) is 0 Å². The number of hydrogen-bond acceptors (Lipinski definition) is 5. The van der Waals surface area contributed by atoms with Gasteiger partial charge >= 0.3 is 0 Å². The number of nitrogens with zero attached hydrogens (tertiary/aromatic N) is 4. The summed E-state index contributed by atoms with van der Waals surface area (Å²) in [5.41, 5.74) is 2.59. The zero-order valence-electron chi connectivity index (χ0n) is 17.9. The lowest BCUT2D eigenvalue weighted by atomic mass is 9.96. The summed E-state index contributed by atoms with van der Waals surface area (Å²) in [7, 11) is -1.50. The molecule has 2 aromatic carbocycles. The monoisotopic (exact) mass is 452 g/mol. The number of hydrogen-bond donors (Lipinski definition) is 2. The molecular formula is C23H28N6O2S. The summed E-state index contributed by atoms with van der Waals surface area (Å²) in [6.45, 7) is 4.15. The van der Waals surface area contributed by atoms with Crippen molar-refractivity contribution >= 4 is 16.9 Å². The van der Waals surface area contributed by atoms with Crippen LogP contribution in [-0.4, -0.2) is 49.6 Å². The van der Waals surface area contributed by atoms with E-state index in [0.717, 1.165) is 38.0 Å². The van der Waals surface area contributed by atoms with Crippen molar-refractivity contribution in [3.8, 4) is 0 Å². The van der Waals surface area contributed by atoms with Gasteiger partial charge in [0.05, 0.1) is 17.6 Å². The molecule has 1 atom stereocenters. The minimum Gasteiger partial charge on any atom is -0.350 e. The van der Waals surface area contributed by atoms with Crippen molar-refractivity contribution in [3.05, 3.63) is 77.6 Å². The molecule has 0 bridgehead atoms. The molecule has 1 aliphatic rings. The van der Waals surface area contributed by atoms with Crippen molar-refractivity contribution in [2.24, 2.45) is 11.1 Å². The molecule has 0 aliphatic carbocycles. The molecule has 4 rings (SSSR count). The average molecular weight is 453 g/mol. The van der Waals surface area contributed by atoms with Gasteiger partial charge in [-0.05, 0) is 55.1 Å². The van der Waals surface area contributed by atoms with Gasteiger partial charge in [0.1, 0.15) is 11.0 Å². The van der Waals surface area contributed by atoms with Crippen molar-refractivity contribution < 1.29 is 9.00 Å². The molecule has 0 spiro atoms. The maximum atomic E-state index is 12.5. The number of amides is 1. The van der Waals surface area contributed by atoms with E-state index in [-0.39, 0.29) is 5.91 Å². The summed E-state index contributed by atoms with van der Waals surface area (Å²) in [4.78, 5) is 17.0. The number of benzene rings is 2. The molecule has 1 amide bonds. The quantitative estimate of drug-likeness (QED) is 0.543. The Morgan fingerprint density at radius 2 is 1.72 bits per heavy atom. The molecule has 0 saturated carbocycles. The van der Waals surface area contributed by atoms with Crippen LogP contribution in [0.1, 0.15) is 34.5 Å². The smallest absolute Gasteiger partial charge is 0.273 e. The highest BCUT2D eigenvalue weighted by molar-refractivity contribution is 7.82. The van der Waals surface area contributed by atoms with Crippen LogP contribution in [0.25, 0.3) is 0 Å². The topological polar surface area (TPSA) is 106 Å². The zero-order valence-corrected chi connectivity index (χ0v) is 18.7. The van der Waals surface area contributed by atoms with E-state index in [1.54, 1.807) is 12.1 Å². The maximum absolute atomic E-state index is 12.5. The molecule has 32 heavy (non-hydrogen) atoms. The predicted molar refractivity (Wildman–Crippen MR) is 123 cm³/mol. The highest BCUT2D eigenvalue weighted by Gasteiger charge is 2.20. The summed E-state index contributed by atoms with van der Waals surface area (Å²) in [5.74, 6) is 0.282. The number of carbonyl (C=O) groups is 1. The zero-order chi connectivity index (χ0) is 22.3. The molecule has 168 valence electrons. The fourth-order valence-corrected chi connectivity index (χ4v) is 4.29. The number of carbonyl (C=O) groups excluding carboxylic acids is 1. The molecule has 0 radical (unpaired) electrons. The second-order valence-electron chi connectivity index (χ2n) is 8.12. The molecule has 1 aliphatic heterocycles. The third-order valence-corrected chi connectivity index (χ3v) is 6.49. The van der Waals surface area contributed by atoms with Gasteiger partial charge in [-0.1, -0.05) is 42.5 Å². The molecule has 2 heterocycles. The van der Waals surface area contributed by atoms with Gasteiger partial charge in [0.15, 0.2) is 5.69 Å². The standard InChI is InChI=1S/C23H28N6O2S/c24-32(31)21-8-6-20(7-9-21)17-29-26-15-22(27-29)23(30)25-14-18-10-12-28(13-11-18)16-19-4-2-1-3-5-19/h1-9,15,18H,10-14,16-17,24H2,(H,25,30). The predicted octanol–water partition coefficient (Wildman–Crippen LogP) is 1.95. The Balaban J connectivity index is 1.21. The number of aromatic nitrogens is 3. The number of piperidine rings is 1. The molecule has 8 nitrogen and oxygen atoms in total. The first-order valence-electron chi connectivity index (χ1n) is 10.8. The molecule has 3 aromatic rings. The van der Waals surface area contributed by atoms with E-state index in [0.29, 0.717) is 29.6 Å². The Kier molecular flexibility index (Phi) is 7.41. The first-order chi connectivity index (χ1) is 15.6. The van der Waals surface area contributed by atoms with Gasteiger partial charge in [0.2, 0.25) is 0 Å². The summed E-state index contributed by atoms with van der Waals surface area (Å²) in [6.07, 6.45) is 3.63. The molecule has 9 heteroatoms.